The fraction of sp³-hybridized carbons (Fsp3) is 0.100. The molecule has 4 nitrogen and oxygen atoms in total. The number of benzene rings is 1. The van der Waals surface area contributed by atoms with E-state index in [0.717, 1.165) is 11.4 Å². The molecule has 2 aromatic rings. The topological polar surface area (TPSA) is 47.3 Å². The van der Waals surface area contributed by atoms with E-state index in [1.54, 1.807) is 11.8 Å². The molecule has 0 saturated carbocycles. The molecule has 2 rings (SSSR count). The smallest absolute Gasteiger partial charge is 0.168 e. The van der Waals surface area contributed by atoms with Crippen molar-refractivity contribution < 1.29 is 9.84 Å². The Bertz CT molecular complexity index is 482. The van der Waals surface area contributed by atoms with Crippen molar-refractivity contribution in [3.63, 3.8) is 0 Å². The van der Waals surface area contributed by atoms with Gasteiger partial charge in [-0.1, -0.05) is 6.07 Å². The molecule has 0 aliphatic carbocycles. The lowest BCUT2D eigenvalue weighted by molar-refractivity contribution is 0.414. The second kappa shape index (κ2) is 3.94. The monoisotopic (exact) mass is 268 g/mol. The van der Waals surface area contributed by atoms with E-state index in [4.69, 9.17) is 4.74 Å². The molecule has 78 valence electrons. The van der Waals surface area contributed by atoms with E-state index in [2.05, 4.69) is 21.0 Å². The molecule has 1 N–H and O–H groups in total. The maximum absolute atomic E-state index is 9.37. The third-order valence-electron chi connectivity index (χ3n) is 1.99. The summed E-state index contributed by atoms with van der Waals surface area (Å²) in [6.45, 7) is 0. The van der Waals surface area contributed by atoms with Gasteiger partial charge in [0.05, 0.1) is 19.0 Å². The third kappa shape index (κ3) is 1.83. The van der Waals surface area contributed by atoms with Crippen molar-refractivity contribution in [2.45, 2.75) is 0 Å². The highest BCUT2D eigenvalue weighted by Gasteiger charge is 2.08. The first-order valence-corrected chi connectivity index (χ1v) is 5.08. The Hall–Kier alpha value is -1.49. The van der Waals surface area contributed by atoms with Crippen LogP contribution in [0.15, 0.2) is 35.1 Å². The molecule has 1 heterocycles. The quantitative estimate of drug-likeness (QED) is 0.910. The van der Waals surface area contributed by atoms with Gasteiger partial charge in [0, 0.05) is 6.07 Å². The summed E-state index contributed by atoms with van der Waals surface area (Å²) in [5.74, 6) is 0.854. The number of ether oxygens (including phenoxy) is 1. The van der Waals surface area contributed by atoms with Gasteiger partial charge in [-0.05, 0) is 28.1 Å². The summed E-state index contributed by atoms with van der Waals surface area (Å²) in [5, 5.41) is 13.4. The van der Waals surface area contributed by atoms with Crippen molar-refractivity contribution in [2.75, 3.05) is 7.11 Å². The molecule has 15 heavy (non-hydrogen) atoms. The van der Waals surface area contributed by atoms with Crippen LogP contribution in [-0.4, -0.2) is 22.0 Å². The highest BCUT2D eigenvalue weighted by atomic mass is 79.9. The van der Waals surface area contributed by atoms with Gasteiger partial charge in [0.1, 0.15) is 5.75 Å². The Morgan fingerprint density at radius 3 is 2.87 bits per heavy atom. The Balaban J connectivity index is 2.49. The van der Waals surface area contributed by atoms with E-state index >= 15 is 0 Å². The minimum atomic E-state index is 0.109. The van der Waals surface area contributed by atoms with E-state index in [1.165, 1.54) is 6.20 Å². The van der Waals surface area contributed by atoms with Gasteiger partial charge in [-0.15, -0.1) is 0 Å². The maximum atomic E-state index is 9.37. The van der Waals surface area contributed by atoms with Crippen molar-refractivity contribution in [1.29, 1.82) is 0 Å². The highest BCUT2D eigenvalue weighted by molar-refractivity contribution is 9.10. The Labute approximate surface area is 95.2 Å². The molecule has 0 spiro atoms. The van der Waals surface area contributed by atoms with Gasteiger partial charge in [-0.3, -0.25) is 0 Å². The average Bonchev–Trinajstić information content (AvgIpc) is 2.60. The minimum Gasteiger partial charge on any atom is -0.504 e. The van der Waals surface area contributed by atoms with Gasteiger partial charge in [-0.2, -0.15) is 5.10 Å². The second-order valence-electron chi connectivity index (χ2n) is 2.93. The van der Waals surface area contributed by atoms with Crippen LogP contribution in [-0.2, 0) is 0 Å². The zero-order chi connectivity index (χ0) is 10.8. The van der Waals surface area contributed by atoms with Crippen molar-refractivity contribution in [1.82, 2.24) is 9.78 Å². The molecule has 0 aliphatic rings. The first-order chi connectivity index (χ1) is 7.22. The SMILES string of the molecule is COc1cccc(-n2ncc(O)c2Br)c1. The number of aromatic nitrogens is 2. The lowest BCUT2D eigenvalue weighted by Crippen LogP contribution is -1.96. The predicted molar refractivity (Wildman–Crippen MR) is 59.5 cm³/mol. The summed E-state index contributed by atoms with van der Waals surface area (Å²) in [7, 11) is 1.61. The van der Waals surface area contributed by atoms with Crippen molar-refractivity contribution in [3.05, 3.63) is 35.1 Å². The Kier molecular flexibility index (Phi) is 2.64. The summed E-state index contributed by atoms with van der Waals surface area (Å²) < 4.78 is 7.21. The van der Waals surface area contributed by atoms with Crippen LogP contribution in [0.2, 0.25) is 0 Å². The maximum Gasteiger partial charge on any atom is 0.168 e. The van der Waals surface area contributed by atoms with E-state index in [1.807, 2.05) is 24.3 Å². The number of rotatable bonds is 2. The highest BCUT2D eigenvalue weighted by Crippen LogP contribution is 2.26. The van der Waals surface area contributed by atoms with Crippen LogP contribution in [0.25, 0.3) is 5.69 Å². The third-order valence-corrected chi connectivity index (χ3v) is 2.73. The van der Waals surface area contributed by atoms with Crippen LogP contribution in [0.1, 0.15) is 0 Å². The molecule has 0 fully saturated rings. The summed E-state index contributed by atoms with van der Waals surface area (Å²) in [6, 6.07) is 7.41. The summed E-state index contributed by atoms with van der Waals surface area (Å²) >= 11 is 3.24. The van der Waals surface area contributed by atoms with Crippen LogP contribution >= 0.6 is 15.9 Å². The standard InChI is InChI=1S/C10H9BrN2O2/c1-15-8-4-2-3-7(5-8)13-10(11)9(14)6-12-13/h2-6,14H,1H3. The van der Waals surface area contributed by atoms with Gasteiger partial charge in [0.25, 0.3) is 0 Å². The van der Waals surface area contributed by atoms with Gasteiger partial charge in [0.2, 0.25) is 0 Å². The average molecular weight is 269 g/mol. The molecule has 0 radical (unpaired) electrons. The molecule has 5 heteroatoms. The molecule has 0 bridgehead atoms. The first-order valence-electron chi connectivity index (χ1n) is 4.29. The van der Waals surface area contributed by atoms with E-state index in [0.29, 0.717) is 4.60 Å². The van der Waals surface area contributed by atoms with Crippen LogP contribution < -0.4 is 4.74 Å². The fourth-order valence-electron chi connectivity index (χ4n) is 1.25. The van der Waals surface area contributed by atoms with E-state index in [9.17, 15) is 5.11 Å². The molecule has 0 unspecified atom stereocenters. The molecule has 0 saturated heterocycles. The molecular weight excluding hydrogens is 260 g/mol. The van der Waals surface area contributed by atoms with Crippen LogP contribution in [0.3, 0.4) is 0 Å². The number of hydrogen-bond donors (Lipinski definition) is 1. The summed E-state index contributed by atoms with van der Waals surface area (Å²) in [5.41, 5.74) is 0.821. The fourth-order valence-corrected chi connectivity index (χ4v) is 1.65. The molecule has 0 amide bonds. The van der Waals surface area contributed by atoms with Crippen molar-refractivity contribution in [3.8, 4) is 17.2 Å². The second-order valence-corrected chi connectivity index (χ2v) is 3.69. The summed E-state index contributed by atoms with van der Waals surface area (Å²) in [6.07, 6.45) is 1.38. The van der Waals surface area contributed by atoms with Crippen LogP contribution in [0.5, 0.6) is 11.5 Å². The zero-order valence-corrected chi connectivity index (χ0v) is 9.60. The molecule has 1 aromatic carbocycles. The van der Waals surface area contributed by atoms with Crippen molar-refractivity contribution in [2.24, 2.45) is 0 Å². The van der Waals surface area contributed by atoms with Gasteiger partial charge in [-0.25, -0.2) is 4.68 Å². The number of nitrogens with zero attached hydrogens (tertiary/aromatic N) is 2. The molecule has 0 aliphatic heterocycles. The Morgan fingerprint density at radius 2 is 2.27 bits per heavy atom. The number of halogens is 1. The number of methoxy groups -OCH3 is 1. The van der Waals surface area contributed by atoms with Gasteiger partial charge < -0.3 is 9.84 Å². The van der Waals surface area contributed by atoms with Crippen LogP contribution in [0, 0.1) is 0 Å². The van der Waals surface area contributed by atoms with Crippen molar-refractivity contribution >= 4 is 15.9 Å². The zero-order valence-electron chi connectivity index (χ0n) is 8.01. The van der Waals surface area contributed by atoms with Crippen LogP contribution in [0.4, 0.5) is 0 Å². The normalized spacial score (nSPS) is 10.3. The molecule has 0 atom stereocenters. The number of hydrogen-bond acceptors (Lipinski definition) is 3. The van der Waals surface area contributed by atoms with Gasteiger partial charge in [0.15, 0.2) is 10.4 Å². The predicted octanol–water partition coefficient (Wildman–Crippen LogP) is 2.35. The lowest BCUT2D eigenvalue weighted by atomic mass is 10.3. The van der Waals surface area contributed by atoms with Gasteiger partial charge >= 0.3 is 0 Å². The van der Waals surface area contributed by atoms with E-state index < -0.39 is 0 Å². The molecular formula is C10H9BrN2O2. The number of aromatic hydroxyl groups is 1. The first kappa shape index (κ1) is 10.0. The minimum absolute atomic E-state index is 0.109. The summed E-state index contributed by atoms with van der Waals surface area (Å²) in [4.78, 5) is 0. The largest absolute Gasteiger partial charge is 0.504 e. The Morgan fingerprint density at radius 1 is 1.47 bits per heavy atom. The lowest BCUT2D eigenvalue weighted by Gasteiger charge is -2.05. The van der Waals surface area contributed by atoms with E-state index in [-0.39, 0.29) is 5.75 Å². The molecule has 1 aromatic heterocycles.